The Labute approximate surface area is 175 Å². The first-order valence-electron chi connectivity index (χ1n) is 9.35. The summed E-state index contributed by atoms with van der Waals surface area (Å²) in [6.07, 6.45) is 6.99. The molecule has 7 nitrogen and oxygen atoms in total. The van der Waals surface area contributed by atoms with E-state index in [9.17, 15) is 8.42 Å². The standard InChI is InChI=1S/C17H34N4O3S.HI/c1-4-18-16(20-14-17(7-5-8-17)9-11-24-2)19-12-15-6-10-21(13-15)25(3,22)23;/h15H,4-14H2,1-3H3,(H2,18,19,20);1H. The molecule has 1 unspecified atom stereocenters. The van der Waals surface area contributed by atoms with Gasteiger partial charge in [-0.3, -0.25) is 4.99 Å². The van der Waals surface area contributed by atoms with Gasteiger partial charge < -0.3 is 15.4 Å². The molecule has 26 heavy (non-hydrogen) atoms. The summed E-state index contributed by atoms with van der Waals surface area (Å²) in [5.41, 5.74) is 0.304. The molecule has 0 aromatic rings. The molecule has 2 aliphatic rings. The number of rotatable bonds is 9. The lowest BCUT2D eigenvalue weighted by Crippen LogP contribution is -2.42. The number of hydrogen-bond donors (Lipinski definition) is 2. The van der Waals surface area contributed by atoms with Gasteiger partial charge in [-0.2, -0.15) is 0 Å². The first-order chi connectivity index (χ1) is 11.9. The van der Waals surface area contributed by atoms with Crippen LogP contribution in [0.2, 0.25) is 0 Å². The molecule has 0 radical (unpaired) electrons. The SMILES string of the molecule is CCNC(=NCC1(CCOC)CCC1)NCC1CCN(S(C)(=O)=O)C1.I. The van der Waals surface area contributed by atoms with Crippen molar-refractivity contribution in [3.05, 3.63) is 0 Å². The molecule has 154 valence electrons. The summed E-state index contributed by atoms with van der Waals surface area (Å²) in [4.78, 5) is 4.80. The minimum atomic E-state index is -3.07. The Morgan fingerprint density at radius 1 is 1.35 bits per heavy atom. The molecule has 0 aromatic carbocycles. The van der Waals surface area contributed by atoms with E-state index in [0.717, 1.165) is 45.0 Å². The minimum Gasteiger partial charge on any atom is -0.385 e. The highest BCUT2D eigenvalue weighted by atomic mass is 127. The van der Waals surface area contributed by atoms with Gasteiger partial charge in [0.05, 0.1) is 6.26 Å². The highest BCUT2D eigenvalue weighted by Gasteiger charge is 2.36. The fourth-order valence-corrected chi connectivity index (χ4v) is 4.50. The molecule has 2 rings (SSSR count). The molecule has 0 spiro atoms. The normalized spacial score (nSPS) is 23.2. The predicted molar refractivity (Wildman–Crippen MR) is 117 cm³/mol. The fraction of sp³-hybridized carbons (Fsp3) is 0.941. The molecule has 2 N–H and O–H groups in total. The van der Waals surface area contributed by atoms with Crippen LogP contribution in [0.4, 0.5) is 0 Å². The van der Waals surface area contributed by atoms with Crippen LogP contribution < -0.4 is 10.6 Å². The van der Waals surface area contributed by atoms with Crippen LogP contribution in [0, 0.1) is 11.3 Å². The lowest BCUT2D eigenvalue weighted by atomic mass is 9.67. The van der Waals surface area contributed by atoms with Gasteiger partial charge >= 0.3 is 0 Å². The third-order valence-corrected chi connectivity index (χ3v) is 6.71. The molecule has 1 aliphatic carbocycles. The fourth-order valence-electron chi connectivity index (χ4n) is 3.58. The maximum atomic E-state index is 11.6. The summed E-state index contributed by atoms with van der Waals surface area (Å²) >= 11 is 0. The second-order valence-corrected chi connectivity index (χ2v) is 9.43. The van der Waals surface area contributed by atoms with Crippen molar-refractivity contribution < 1.29 is 13.2 Å². The second kappa shape index (κ2) is 11.0. The van der Waals surface area contributed by atoms with Crippen molar-refractivity contribution in [1.82, 2.24) is 14.9 Å². The molecule has 1 saturated carbocycles. The van der Waals surface area contributed by atoms with E-state index >= 15 is 0 Å². The monoisotopic (exact) mass is 502 g/mol. The van der Waals surface area contributed by atoms with Crippen LogP contribution in [0.5, 0.6) is 0 Å². The molecule has 0 amide bonds. The summed E-state index contributed by atoms with van der Waals surface area (Å²) in [6, 6.07) is 0. The van der Waals surface area contributed by atoms with Crippen LogP contribution in [0.3, 0.4) is 0 Å². The van der Waals surface area contributed by atoms with Gasteiger partial charge in [0, 0.05) is 46.4 Å². The van der Waals surface area contributed by atoms with Crippen LogP contribution in [0.15, 0.2) is 4.99 Å². The molecular weight excluding hydrogens is 467 g/mol. The van der Waals surface area contributed by atoms with E-state index in [2.05, 4.69) is 17.6 Å². The summed E-state index contributed by atoms with van der Waals surface area (Å²) in [6.45, 7) is 6.47. The van der Waals surface area contributed by atoms with Gasteiger partial charge in [0.15, 0.2) is 5.96 Å². The summed E-state index contributed by atoms with van der Waals surface area (Å²) in [5, 5.41) is 6.70. The van der Waals surface area contributed by atoms with E-state index in [1.807, 2.05) is 0 Å². The van der Waals surface area contributed by atoms with Crippen molar-refractivity contribution in [2.45, 2.75) is 39.0 Å². The number of nitrogens with zero attached hydrogens (tertiary/aromatic N) is 2. The van der Waals surface area contributed by atoms with Gasteiger partial charge in [-0.25, -0.2) is 12.7 Å². The zero-order valence-electron chi connectivity index (χ0n) is 16.3. The zero-order valence-corrected chi connectivity index (χ0v) is 19.4. The topological polar surface area (TPSA) is 83.0 Å². The van der Waals surface area contributed by atoms with Gasteiger partial charge in [-0.1, -0.05) is 6.42 Å². The van der Waals surface area contributed by atoms with Gasteiger partial charge in [0.2, 0.25) is 10.0 Å². The van der Waals surface area contributed by atoms with E-state index < -0.39 is 10.0 Å². The molecule has 1 atom stereocenters. The quantitative estimate of drug-likeness (QED) is 0.285. The maximum Gasteiger partial charge on any atom is 0.211 e. The van der Waals surface area contributed by atoms with Gasteiger partial charge in [0.1, 0.15) is 0 Å². The minimum absolute atomic E-state index is 0. The van der Waals surface area contributed by atoms with E-state index in [1.165, 1.54) is 25.5 Å². The van der Waals surface area contributed by atoms with Crippen molar-refractivity contribution in [3.8, 4) is 0 Å². The Morgan fingerprint density at radius 2 is 2.08 bits per heavy atom. The predicted octanol–water partition coefficient (Wildman–Crippen LogP) is 1.65. The largest absolute Gasteiger partial charge is 0.385 e. The third-order valence-electron chi connectivity index (χ3n) is 5.44. The number of aliphatic imine (C=N–C) groups is 1. The van der Waals surface area contributed by atoms with Crippen molar-refractivity contribution in [3.63, 3.8) is 0 Å². The highest BCUT2D eigenvalue weighted by molar-refractivity contribution is 14.0. The van der Waals surface area contributed by atoms with Crippen molar-refractivity contribution in [1.29, 1.82) is 0 Å². The first kappa shape index (κ1) is 23.9. The Balaban J connectivity index is 0.00000338. The van der Waals surface area contributed by atoms with E-state index in [4.69, 9.17) is 9.73 Å². The number of sulfonamides is 1. The van der Waals surface area contributed by atoms with Crippen LogP contribution in [-0.2, 0) is 14.8 Å². The smallest absolute Gasteiger partial charge is 0.211 e. The number of hydrogen-bond acceptors (Lipinski definition) is 4. The Morgan fingerprint density at radius 3 is 2.58 bits per heavy atom. The second-order valence-electron chi connectivity index (χ2n) is 7.45. The number of ether oxygens (including phenoxy) is 1. The summed E-state index contributed by atoms with van der Waals surface area (Å²) < 4.78 is 30.0. The van der Waals surface area contributed by atoms with E-state index in [-0.39, 0.29) is 24.0 Å². The molecule has 2 fully saturated rings. The molecule has 1 heterocycles. The van der Waals surface area contributed by atoms with Gasteiger partial charge in [0.25, 0.3) is 0 Å². The lowest BCUT2D eigenvalue weighted by Gasteiger charge is -2.40. The van der Waals surface area contributed by atoms with E-state index in [1.54, 1.807) is 11.4 Å². The summed E-state index contributed by atoms with van der Waals surface area (Å²) in [7, 11) is -1.32. The number of methoxy groups -OCH3 is 1. The molecular formula is C17H35IN4O3S. The Bertz CT molecular complexity index is 552. The molecule has 0 bridgehead atoms. The average molecular weight is 502 g/mol. The van der Waals surface area contributed by atoms with Gasteiger partial charge in [-0.05, 0) is 43.9 Å². The Kier molecular flexibility index (Phi) is 10.1. The molecule has 0 aromatic heterocycles. The molecule has 1 aliphatic heterocycles. The van der Waals surface area contributed by atoms with Crippen molar-refractivity contribution in [2.75, 3.05) is 52.7 Å². The van der Waals surface area contributed by atoms with Crippen LogP contribution in [0.25, 0.3) is 0 Å². The first-order valence-corrected chi connectivity index (χ1v) is 11.2. The van der Waals surface area contributed by atoms with Crippen molar-refractivity contribution >= 4 is 40.0 Å². The van der Waals surface area contributed by atoms with Crippen LogP contribution >= 0.6 is 24.0 Å². The van der Waals surface area contributed by atoms with Crippen LogP contribution in [-0.4, -0.2) is 71.4 Å². The van der Waals surface area contributed by atoms with Crippen molar-refractivity contribution in [2.24, 2.45) is 16.3 Å². The van der Waals surface area contributed by atoms with E-state index in [0.29, 0.717) is 24.4 Å². The third kappa shape index (κ3) is 7.12. The average Bonchev–Trinajstić information content (AvgIpc) is 3.00. The number of halogens is 1. The van der Waals surface area contributed by atoms with Gasteiger partial charge in [-0.15, -0.1) is 24.0 Å². The number of nitrogens with one attached hydrogen (secondary N) is 2. The Hall–Kier alpha value is -0.130. The zero-order chi connectivity index (χ0) is 18.3. The summed E-state index contributed by atoms with van der Waals surface area (Å²) in [5.74, 6) is 1.17. The lowest BCUT2D eigenvalue weighted by molar-refractivity contribution is 0.0778. The molecule has 1 saturated heterocycles. The highest BCUT2D eigenvalue weighted by Crippen LogP contribution is 2.44. The maximum absolute atomic E-state index is 11.6. The molecule has 9 heteroatoms. The van der Waals surface area contributed by atoms with Crippen LogP contribution in [0.1, 0.15) is 39.0 Å². The number of guanidine groups is 1.